The monoisotopic (exact) mass is 332 g/mol. The second kappa shape index (κ2) is 7.57. The molecule has 0 radical (unpaired) electrons. The van der Waals surface area contributed by atoms with E-state index in [0.717, 1.165) is 12.8 Å². The van der Waals surface area contributed by atoms with Gasteiger partial charge in [-0.1, -0.05) is 0 Å². The van der Waals surface area contributed by atoms with Crippen LogP contribution in [0.25, 0.3) is 0 Å². The molecule has 0 saturated carbocycles. The Hall–Kier alpha value is -1.21. The van der Waals surface area contributed by atoms with Crippen molar-refractivity contribution in [2.24, 2.45) is 5.92 Å². The number of β-amino-alcohol motifs (C(OH)–C–C–N with tert-alkyl or cyclic N) is 1. The summed E-state index contributed by atoms with van der Waals surface area (Å²) in [5.41, 5.74) is 0.0275. The maximum absolute atomic E-state index is 13.3. The van der Waals surface area contributed by atoms with Gasteiger partial charge in [-0.05, 0) is 46.5 Å². The quantitative estimate of drug-likeness (QED) is 0.661. The van der Waals surface area contributed by atoms with Crippen LogP contribution in [0.5, 0.6) is 0 Å². The number of piperidine rings is 1. The highest BCUT2D eigenvalue weighted by molar-refractivity contribution is 5.77. The van der Waals surface area contributed by atoms with Gasteiger partial charge in [-0.25, -0.2) is 4.39 Å². The minimum atomic E-state index is -1.29. The molecule has 0 bridgehead atoms. The van der Waals surface area contributed by atoms with E-state index in [1.807, 2.05) is 0 Å². The maximum Gasteiger partial charge on any atom is 0.290 e. The van der Waals surface area contributed by atoms with E-state index in [1.165, 1.54) is 4.90 Å². The molecule has 1 amide bonds. The van der Waals surface area contributed by atoms with Gasteiger partial charge in [-0.3, -0.25) is 9.59 Å². The summed E-state index contributed by atoms with van der Waals surface area (Å²) in [5, 5.41) is 19.9. The summed E-state index contributed by atoms with van der Waals surface area (Å²) >= 11 is 0. The first-order chi connectivity index (χ1) is 10.5. The largest absolute Gasteiger partial charge is 0.483 e. The predicted molar refractivity (Wildman–Crippen MR) is 84.8 cm³/mol. The lowest BCUT2D eigenvalue weighted by molar-refractivity contribution is -0.132. The van der Waals surface area contributed by atoms with Gasteiger partial charge < -0.3 is 20.4 Å². The van der Waals surface area contributed by atoms with Crippen LogP contribution in [0.2, 0.25) is 0 Å². The van der Waals surface area contributed by atoms with Crippen LogP contribution in [0, 0.1) is 5.92 Å². The van der Waals surface area contributed by atoms with Gasteiger partial charge in [0.05, 0.1) is 6.54 Å². The molecule has 2 fully saturated rings. The molecule has 0 aromatic heterocycles. The van der Waals surface area contributed by atoms with Gasteiger partial charge in [-0.2, -0.15) is 0 Å². The lowest BCUT2D eigenvalue weighted by Gasteiger charge is -2.46. The lowest BCUT2D eigenvalue weighted by atomic mass is 9.74. The number of amides is 1. The number of carbonyl (C=O) groups excluding carboxylic acids is 1. The van der Waals surface area contributed by atoms with E-state index >= 15 is 0 Å². The Morgan fingerprint density at radius 1 is 1.26 bits per heavy atom. The zero-order chi connectivity index (χ0) is 17.8. The van der Waals surface area contributed by atoms with Gasteiger partial charge in [-0.15, -0.1) is 0 Å². The van der Waals surface area contributed by atoms with Crippen molar-refractivity contribution in [3.05, 3.63) is 0 Å². The summed E-state index contributed by atoms with van der Waals surface area (Å²) in [6, 6.07) is 0. The maximum atomic E-state index is 13.3. The highest BCUT2D eigenvalue weighted by atomic mass is 19.1. The molecule has 134 valence electrons. The number of aliphatic hydroxyl groups is 1. The Morgan fingerprint density at radius 2 is 1.74 bits per heavy atom. The number of nitrogens with one attached hydrogen (secondary N) is 1. The molecule has 2 aliphatic heterocycles. The third-order valence-corrected chi connectivity index (χ3v) is 4.31. The Kier molecular flexibility index (Phi) is 6.53. The number of alkyl halides is 1. The first kappa shape index (κ1) is 19.8. The third kappa shape index (κ3) is 6.06. The van der Waals surface area contributed by atoms with E-state index in [0.29, 0.717) is 12.3 Å². The van der Waals surface area contributed by atoms with Crippen LogP contribution in [0.15, 0.2) is 0 Å². The van der Waals surface area contributed by atoms with Crippen molar-refractivity contribution >= 4 is 12.4 Å². The van der Waals surface area contributed by atoms with Gasteiger partial charge in [0.1, 0.15) is 12.3 Å². The van der Waals surface area contributed by atoms with Crippen molar-refractivity contribution < 1.29 is 24.2 Å². The zero-order valence-corrected chi connectivity index (χ0v) is 14.4. The summed E-state index contributed by atoms with van der Waals surface area (Å²) < 4.78 is 13.3. The summed E-state index contributed by atoms with van der Waals surface area (Å²) in [6.07, 6.45) is 0.0307. The molecule has 2 rings (SSSR count). The van der Waals surface area contributed by atoms with E-state index in [2.05, 4.69) is 33.0 Å². The fourth-order valence-corrected chi connectivity index (χ4v) is 4.00. The first-order valence-corrected chi connectivity index (χ1v) is 7.97. The number of hydrogen-bond donors (Lipinski definition) is 3. The fraction of sp³-hybridized carbons (Fsp3) is 0.875. The zero-order valence-electron chi connectivity index (χ0n) is 14.4. The van der Waals surface area contributed by atoms with Crippen molar-refractivity contribution in [1.82, 2.24) is 10.2 Å². The van der Waals surface area contributed by atoms with Crippen molar-refractivity contribution in [2.75, 3.05) is 13.1 Å². The highest BCUT2D eigenvalue weighted by Crippen LogP contribution is 2.35. The topological polar surface area (TPSA) is 89.9 Å². The average molecular weight is 332 g/mol. The van der Waals surface area contributed by atoms with Gasteiger partial charge in [0, 0.05) is 24.0 Å². The van der Waals surface area contributed by atoms with Crippen LogP contribution in [0.4, 0.5) is 4.39 Å². The van der Waals surface area contributed by atoms with Gasteiger partial charge in [0.15, 0.2) is 0 Å². The predicted octanol–water partition coefficient (Wildman–Crippen LogP) is 1.18. The number of nitrogens with zero attached hydrogens (tertiary/aromatic N) is 1. The van der Waals surface area contributed by atoms with Crippen LogP contribution < -0.4 is 5.32 Å². The van der Waals surface area contributed by atoms with Gasteiger partial charge in [0.2, 0.25) is 5.91 Å². The van der Waals surface area contributed by atoms with E-state index in [9.17, 15) is 14.3 Å². The Labute approximate surface area is 137 Å². The molecular formula is C16H29FN2O4. The molecule has 0 unspecified atom stereocenters. The molecule has 7 heteroatoms. The SMILES string of the molecule is CC1(C)CC(CC(=O)N2C[C@@H](O)[C@H](F)C2)CC(C)(C)N1.O=CO. The molecule has 2 saturated heterocycles. The number of rotatable bonds is 2. The molecule has 23 heavy (non-hydrogen) atoms. The Balaban J connectivity index is 0.000000816. The number of likely N-dealkylation sites (tertiary alicyclic amines) is 1. The molecule has 2 aliphatic rings. The summed E-state index contributed by atoms with van der Waals surface area (Å²) in [6.45, 7) is 8.55. The molecule has 0 aliphatic carbocycles. The standard InChI is InChI=1S/C15H27FN2O2.CH2O2/c1-14(2)6-10(7-15(3,4)17-14)5-13(20)18-8-11(16)12(19)9-18;2-1-3/h10-12,17,19H,5-9H2,1-4H3;1H,(H,2,3)/t11-,12-;/m1./s1. The molecule has 3 N–H and O–H groups in total. The van der Waals surface area contributed by atoms with E-state index in [-0.39, 0.29) is 36.5 Å². The molecule has 0 aromatic rings. The van der Waals surface area contributed by atoms with E-state index in [1.54, 1.807) is 0 Å². The van der Waals surface area contributed by atoms with Crippen molar-refractivity contribution in [3.63, 3.8) is 0 Å². The van der Waals surface area contributed by atoms with Crippen LogP contribution in [0.1, 0.15) is 47.0 Å². The summed E-state index contributed by atoms with van der Waals surface area (Å²) in [7, 11) is 0. The first-order valence-electron chi connectivity index (χ1n) is 7.97. The van der Waals surface area contributed by atoms with Crippen molar-refractivity contribution in [1.29, 1.82) is 0 Å². The van der Waals surface area contributed by atoms with Gasteiger partial charge >= 0.3 is 0 Å². The van der Waals surface area contributed by atoms with Crippen molar-refractivity contribution in [3.8, 4) is 0 Å². The number of aliphatic hydroxyl groups excluding tert-OH is 1. The summed E-state index contributed by atoms with van der Waals surface area (Å²) in [5.74, 6) is 0.284. The minimum absolute atomic E-state index is 0.0137. The van der Waals surface area contributed by atoms with E-state index < -0.39 is 12.3 Å². The lowest BCUT2D eigenvalue weighted by Crippen LogP contribution is -2.58. The second-order valence-electron chi connectivity index (χ2n) is 7.86. The molecule has 6 nitrogen and oxygen atoms in total. The number of hydrogen-bond acceptors (Lipinski definition) is 4. The fourth-order valence-electron chi connectivity index (χ4n) is 4.00. The van der Waals surface area contributed by atoms with Crippen molar-refractivity contribution in [2.45, 2.75) is 70.3 Å². The minimum Gasteiger partial charge on any atom is -0.483 e. The molecule has 2 heterocycles. The van der Waals surface area contributed by atoms with Crippen LogP contribution in [-0.2, 0) is 9.59 Å². The van der Waals surface area contributed by atoms with E-state index in [4.69, 9.17) is 9.90 Å². The molecular weight excluding hydrogens is 303 g/mol. The number of carbonyl (C=O) groups is 2. The Bertz CT molecular complexity index is 402. The molecule has 0 aromatic carbocycles. The Morgan fingerprint density at radius 3 is 2.13 bits per heavy atom. The smallest absolute Gasteiger partial charge is 0.290 e. The summed E-state index contributed by atoms with van der Waals surface area (Å²) in [4.78, 5) is 22.1. The van der Waals surface area contributed by atoms with Gasteiger partial charge in [0.25, 0.3) is 6.47 Å². The van der Waals surface area contributed by atoms with Crippen LogP contribution in [0.3, 0.4) is 0 Å². The normalized spacial score (nSPS) is 29.6. The number of halogens is 1. The second-order valence-corrected chi connectivity index (χ2v) is 7.86. The molecule has 2 atom stereocenters. The average Bonchev–Trinajstić information content (AvgIpc) is 2.66. The molecule has 0 spiro atoms. The van der Waals surface area contributed by atoms with Crippen LogP contribution >= 0.6 is 0 Å². The van der Waals surface area contributed by atoms with Crippen LogP contribution in [-0.4, -0.2) is 63.9 Å². The third-order valence-electron chi connectivity index (χ3n) is 4.31. The highest BCUT2D eigenvalue weighted by Gasteiger charge is 2.40. The number of carboxylic acid groups (broad SMARTS) is 1.